The van der Waals surface area contributed by atoms with E-state index in [0.29, 0.717) is 6.54 Å². The average Bonchev–Trinajstić information content (AvgIpc) is 2.40. The zero-order valence-electron chi connectivity index (χ0n) is 9.86. The number of esters is 1. The van der Waals surface area contributed by atoms with Crippen LogP contribution in [0.5, 0.6) is 0 Å². The van der Waals surface area contributed by atoms with Crippen molar-refractivity contribution >= 4 is 30.0 Å². The zero-order valence-corrected chi connectivity index (χ0v) is 10.8. The molecule has 0 spiro atoms. The Bertz CT molecular complexity index is 519. The van der Waals surface area contributed by atoms with E-state index in [1.807, 2.05) is 0 Å². The largest absolute Gasteiger partial charge is 0.467 e. The molecule has 1 rings (SSSR count). The summed E-state index contributed by atoms with van der Waals surface area (Å²) in [5.41, 5.74) is -1.01. The van der Waals surface area contributed by atoms with E-state index in [2.05, 4.69) is 34.6 Å². The Balaban J connectivity index is 2.87. The maximum atomic E-state index is 11.4. The zero-order chi connectivity index (χ0) is 13.7. The average molecular weight is 270 g/mol. The number of thiol groups is 1. The monoisotopic (exact) mass is 270 g/mol. The van der Waals surface area contributed by atoms with Gasteiger partial charge in [0.05, 0.1) is 7.11 Å². The second-order valence-corrected chi connectivity index (χ2v) is 3.85. The number of carbonyl (C=O) groups is 1. The van der Waals surface area contributed by atoms with Gasteiger partial charge >= 0.3 is 5.97 Å². The first-order valence-corrected chi connectivity index (χ1v) is 5.83. The van der Waals surface area contributed by atoms with E-state index < -0.39 is 22.9 Å². The fourth-order valence-corrected chi connectivity index (χ4v) is 1.61. The molecule has 0 fully saturated rings. The third-order valence-electron chi connectivity index (χ3n) is 2.32. The van der Waals surface area contributed by atoms with Crippen molar-refractivity contribution in [2.24, 2.45) is 0 Å². The summed E-state index contributed by atoms with van der Waals surface area (Å²) in [6, 6.07) is -0.772. The third-order valence-corrected chi connectivity index (χ3v) is 2.69. The number of carbonyl (C=O) groups excluding carboxylic acids is 1. The first-order valence-electron chi connectivity index (χ1n) is 5.20. The summed E-state index contributed by atoms with van der Waals surface area (Å²) in [7, 11) is 1.24. The third kappa shape index (κ3) is 2.73. The maximum Gasteiger partial charge on any atom is 0.329 e. The maximum absolute atomic E-state index is 11.4. The number of hydrogen-bond acceptors (Lipinski definition) is 7. The normalized spacial score (nSPS) is 11.9. The molecule has 0 saturated heterocycles. The molecule has 0 bridgehead atoms. The highest BCUT2D eigenvalue weighted by Gasteiger charge is 2.25. The fourth-order valence-electron chi connectivity index (χ4n) is 1.37. The Hall–Kier alpha value is -1.76. The van der Waals surface area contributed by atoms with Gasteiger partial charge in [-0.05, 0) is 0 Å². The molecule has 0 aromatic heterocycles. The van der Waals surface area contributed by atoms with Crippen LogP contribution in [0.15, 0.2) is 22.2 Å². The van der Waals surface area contributed by atoms with Crippen LogP contribution in [-0.4, -0.2) is 31.4 Å². The Morgan fingerprint density at radius 1 is 1.44 bits per heavy atom. The lowest BCUT2D eigenvalue weighted by Crippen LogP contribution is -2.42. The van der Waals surface area contributed by atoms with Crippen molar-refractivity contribution in [3.63, 3.8) is 0 Å². The minimum absolute atomic E-state index is 0.0892. The van der Waals surface area contributed by atoms with Gasteiger partial charge in [0.1, 0.15) is 17.4 Å². The SMILES string of the molecule is C=CCNc1c(N[C@@H](CS)C(=O)OC)c(=O)c1=O. The van der Waals surface area contributed by atoms with E-state index in [9.17, 15) is 14.4 Å². The van der Waals surface area contributed by atoms with Crippen molar-refractivity contribution in [2.45, 2.75) is 6.04 Å². The second-order valence-electron chi connectivity index (χ2n) is 3.48. The Morgan fingerprint density at radius 3 is 2.56 bits per heavy atom. The molecular formula is C11H14N2O4S. The molecule has 0 aliphatic carbocycles. The lowest BCUT2D eigenvalue weighted by Gasteiger charge is -2.19. The number of ether oxygens (including phenoxy) is 1. The number of nitrogens with one attached hydrogen (secondary N) is 2. The van der Waals surface area contributed by atoms with Crippen molar-refractivity contribution < 1.29 is 9.53 Å². The minimum Gasteiger partial charge on any atom is -0.467 e. The van der Waals surface area contributed by atoms with Crippen molar-refractivity contribution in [3.8, 4) is 0 Å². The standard InChI is InChI=1S/C11H14N2O4S/c1-3-4-12-7-8(10(15)9(7)14)13-6(5-18)11(16)17-2/h3,6,12-13,18H,1,4-5H2,2H3/t6-/m0/s1. The van der Waals surface area contributed by atoms with Crippen LogP contribution in [0, 0.1) is 0 Å². The molecule has 1 atom stereocenters. The van der Waals surface area contributed by atoms with Gasteiger partial charge in [-0.2, -0.15) is 12.6 Å². The molecule has 0 heterocycles. The molecule has 18 heavy (non-hydrogen) atoms. The molecule has 0 amide bonds. The van der Waals surface area contributed by atoms with E-state index in [0.717, 1.165) is 0 Å². The van der Waals surface area contributed by atoms with Gasteiger partial charge in [0.15, 0.2) is 0 Å². The van der Waals surface area contributed by atoms with E-state index >= 15 is 0 Å². The lowest BCUT2D eigenvalue weighted by atomic mass is 10.1. The molecule has 1 aromatic carbocycles. The van der Waals surface area contributed by atoms with Crippen molar-refractivity contribution in [1.29, 1.82) is 0 Å². The first kappa shape index (κ1) is 14.3. The van der Waals surface area contributed by atoms with Crippen LogP contribution in [0.3, 0.4) is 0 Å². The van der Waals surface area contributed by atoms with E-state index in [1.54, 1.807) is 6.08 Å². The smallest absolute Gasteiger partial charge is 0.329 e. The van der Waals surface area contributed by atoms with Crippen LogP contribution in [0.1, 0.15) is 0 Å². The summed E-state index contributed by atoms with van der Waals surface area (Å²) < 4.78 is 4.55. The molecule has 0 saturated carbocycles. The van der Waals surface area contributed by atoms with Gasteiger partial charge in [0.25, 0.3) is 10.9 Å². The minimum atomic E-state index is -0.772. The summed E-state index contributed by atoms with van der Waals surface area (Å²) in [6.45, 7) is 3.84. The molecule has 7 heteroatoms. The highest BCUT2D eigenvalue weighted by atomic mass is 32.1. The van der Waals surface area contributed by atoms with Crippen LogP contribution in [0.25, 0.3) is 0 Å². The topological polar surface area (TPSA) is 84.5 Å². The molecular weight excluding hydrogens is 256 g/mol. The summed E-state index contributed by atoms with van der Waals surface area (Å²) in [4.78, 5) is 34.0. The number of hydrogen-bond donors (Lipinski definition) is 3. The van der Waals surface area contributed by atoms with Crippen LogP contribution < -0.4 is 21.5 Å². The number of rotatable bonds is 7. The predicted octanol–water partition coefficient (Wildman–Crippen LogP) is -0.236. The van der Waals surface area contributed by atoms with Crippen LogP contribution in [0.2, 0.25) is 0 Å². The van der Waals surface area contributed by atoms with Crippen LogP contribution in [-0.2, 0) is 9.53 Å². The Labute approximate surface area is 109 Å². The summed E-state index contributed by atoms with van der Waals surface area (Å²) in [5.74, 6) is -0.403. The lowest BCUT2D eigenvalue weighted by molar-refractivity contribution is -0.140. The molecule has 0 aliphatic heterocycles. The van der Waals surface area contributed by atoms with Gasteiger partial charge in [-0.25, -0.2) is 4.79 Å². The van der Waals surface area contributed by atoms with Crippen molar-refractivity contribution in [2.75, 3.05) is 30.0 Å². The number of anilines is 2. The van der Waals surface area contributed by atoms with Crippen LogP contribution in [0.4, 0.5) is 11.4 Å². The molecule has 0 radical (unpaired) electrons. The van der Waals surface area contributed by atoms with Crippen molar-refractivity contribution in [1.82, 2.24) is 0 Å². The molecule has 2 N–H and O–H groups in total. The quantitative estimate of drug-likeness (QED) is 0.274. The van der Waals surface area contributed by atoms with Gasteiger partial charge in [-0.3, -0.25) is 9.59 Å². The second kappa shape index (κ2) is 6.25. The Morgan fingerprint density at radius 2 is 2.06 bits per heavy atom. The molecule has 0 unspecified atom stereocenters. The van der Waals surface area contributed by atoms with Gasteiger partial charge in [-0.1, -0.05) is 6.08 Å². The predicted molar refractivity (Wildman–Crippen MR) is 73.3 cm³/mol. The van der Waals surface area contributed by atoms with Crippen LogP contribution >= 0.6 is 12.6 Å². The van der Waals surface area contributed by atoms with Crippen molar-refractivity contribution in [3.05, 3.63) is 33.1 Å². The van der Waals surface area contributed by atoms with Gasteiger partial charge in [-0.15, -0.1) is 6.58 Å². The summed E-state index contributed by atoms with van der Waals surface area (Å²) in [5, 5.41) is 5.39. The van der Waals surface area contributed by atoms with Gasteiger partial charge in [0, 0.05) is 12.3 Å². The van der Waals surface area contributed by atoms with Gasteiger partial charge in [0.2, 0.25) is 0 Å². The van der Waals surface area contributed by atoms with E-state index in [4.69, 9.17) is 0 Å². The number of methoxy groups -OCH3 is 1. The molecule has 98 valence electrons. The van der Waals surface area contributed by atoms with E-state index in [1.165, 1.54) is 7.11 Å². The first-order chi connectivity index (χ1) is 8.56. The molecule has 0 aliphatic rings. The molecule has 6 nitrogen and oxygen atoms in total. The highest BCUT2D eigenvalue weighted by molar-refractivity contribution is 7.80. The fraction of sp³-hybridized carbons (Fsp3) is 0.364. The van der Waals surface area contributed by atoms with Gasteiger partial charge < -0.3 is 15.4 Å². The molecule has 1 aromatic rings. The highest BCUT2D eigenvalue weighted by Crippen LogP contribution is 2.15. The van der Waals surface area contributed by atoms with E-state index in [-0.39, 0.29) is 17.1 Å². The summed E-state index contributed by atoms with van der Waals surface area (Å²) >= 11 is 3.98. The summed E-state index contributed by atoms with van der Waals surface area (Å²) in [6.07, 6.45) is 1.55. The Kier molecular flexibility index (Phi) is 4.96.